The number of benzene rings is 1. The summed E-state index contributed by atoms with van der Waals surface area (Å²) in [6, 6.07) is 6.85. The van der Waals surface area contributed by atoms with E-state index in [0.717, 1.165) is 0 Å². The van der Waals surface area contributed by atoms with Gasteiger partial charge >= 0.3 is 0 Å². The van der Waals surface area contributed by atoms with Crippen molar-refractivity contribution in [2.75, 3.05) is 11.1 Å². The number of anilines is 2. The van der Waals surface area contributed by atoms with E-state index in [0.29, 0.717) is 11.3 Å². The van der Waals surface area contributed by atoms with Crippen LogP contribution in [0.25, 0.3) is 0 Å². The molecule has 0 aliphatic carbocycles. The second-order valence-electron chi connectivity index (χ2n) is 3.80. The van der Waals surface area contributed by atoms with Crippen LogP contribution in [-0.2, 0) is 11.2 Å². The van der Waals surface area contributed by atoms with E-state index >= 15 is 0 Å². The van der Waals surface area contributed by atoms with Crippen molar-refractivity contribution in [2.45, 2.75) is 6.42 Å². The van der Waals surface area contributed by atoms with E-state index in [1.165, 1.54) is 0 Å². The monoisotopic (exact) mass is 260 g/mol. The second kappa shape index (κ2) is 5.17. The topological polar surface area (TPSA) is 140 Å². The Bertz CT molecular complexity index is 621. The van der Waals surface area contributed by atoms with E-state index < -0.39 is 11.8 Å². The zero-order valence-corrected chi connectivity index (χ0v) is 9.88. The molecule has 0 saturated heterocycles. The highest BCUT2D eigenvalue weighted by Gasteiger charge is 2.13. The number of aromatic amines is 1. The summed E-state index contributed by atoms with van der Waals surface area (Å²) < 4.78 is 0. The van der Waals surface area contributed by atoms with Gasteiger partial charge in [0.05, 0.1) is 6.42 Å². The van der Waals surface area contributed by atoms with Crippen LogP contribution in [0.4, 0.5) is 11.6 Å². The van der Waals surface area contributed by atoms with E-state index in [1.54, 1.807) is 24.3 Å². The van der Waals surface area contributed by atoms with Crippen LogP contribution in [0, 0.1) is 0 Å². The lowest BCUT2D eigenvalue weighted by Crippen LogP contribution is -2.18. The third kappa shape index (κ3) is 3.06. The predicted molar refractivity (Wildman–Crippen MR) is 68.1 cm³/mol. The number of carbonyl (C=O) groups is 2. The summed E-state index contributed by atoms with van der Waals surface area (Å²) in [7, 11) is 0. The van der Waals surface area contributed by atoms with Crippen LogP contribution in [0.1, 0.15) is 16.2 Å². The third-order valence-corrected chi connectivity index (χ3v) is 2.35. The number of nitrogens with zero attached hydrogens (tertiary/aromatic N) is 2. The summed E-state index contributed by atoms with van der Waals surface area (Å²) >= 11 is 0. The van der Waals surface area contributed by atoms with E-state index in [1.807, 2.05) is 0 Å². The number of rotatable bonds is 4. The van der Waals surface area contributed by atoms with Crippen molar-refractivity contribution in [3.63, 3.8) is 0 Å². The average Bonchev–Trinajstić information content (AvgIpc) is 2.78. The molecule has 1 heterocycles. The first-order chi connectivity index (χ1) is 9.06. The Labute approximate surface area is 108 Å². The fourth-order valence-electron chi connectivity index (χ4n) is 1.54. The molecule has 2 amide bonds. The van der Waals surface area contributed by atoms with E-state index in [9.17, 15) is 9.59 Å². The van der Waals surface area contributed by atoms with Gasteiger partial charge in [-0.05, 0) is 11.6 Å². The minimum absolute atomic E-state index is 0.00798. The molecule has 0 unspecified atom stereocenters. The van der Waals surface area contributed by atoms with Crippen LogP contribution in [0.3, 0.4) is 0 Å². The molecule has 19 heavy (non-hydrogen) atoms. The summed E-state index contributed by atoms with van der Waals surface area (Å²) in [5.74, 6) is -1.01. The lowest BCUT2D eigenvalue weighted by molar-refractivity contribution is -0.117. The van der Waals surface area contributed by atoms with E-state index in [2.05, 4.69) is 20.5 Å². The molecule has 8 heteroatoms. The zero-order chi connectivity index (χ0) is 13.8. The lowest BCUT2D eigenvalue weighted by Gasteiger charge is -2.08. The van der Waals surface area contributed by atoms with Crippen LogP contribution in [0.15, 0.2) is 24.3 Å². The summed E-state index contributed by atoms with van der Waals surface area (Å²) in [5, 5.41) is 8.56. The first-order valence-electron chi connectivity index (χ1n) is 5.41. The molecule has 0 atom stereocenters. The molecule has 0 spiro atoms. The van der Waals surface area contributed by atoms with Gasteiger partial charge in [-0.3, -0.25) is 14.7 Å². The molecule has 1 aromatic heterocycles. The second-order valence-corrected chi connectivity index (χ2v) is 3.80. The van der Waals surface area contributed by atoms with Crippen molar-refractivity contribution in [3.8, 4) is 0 Å². The van der Waals surface area contributed by atoms with Crippen LogP contribution in [0.2, 0.25) is 0 Å². The van der Waals surface area contributed by atoms with Gasteiger partial charge in [-0.15, -0.1) is 5.10 Å². The fourth-order valence-corrected chi connectivity index (χ4v) is 1.54. The normalized spacial score (nSPS) is 10.1. The smallest absolute Gasteiger partial charge is 0.293 e. The standard InChI is InChI=1S/C11H12N6O2/c12-8(18)5-6-3-1-2-4-7(6)14-10(19)9-15-11(13)17-16-9/h1-4H,5H2,(H2,12,18)(H,14,19)(H3,13,15,16,17). The number of amides is 2. The SMILES string of the molecule is NC(=O)Cc1ccccc1NC(=O)c1nc(N)n[nH]1. The van der Waals surface area contributed by atoms with Gasteiger partial charge in [0.15, 0.2) is 0 Å². The molecule has 0 saturated carbocycles. The Morgan fingerprint density at radius 1 is 1.32 bits per heavy atom. The molecule has 8 nitrogen and oxygen atoms in total. The van der Waals surface area contributed by atoms with Crippen molar-refractivity contribution in [2.24, 2.45) is 5.73 Å². The lowest BCUT2D eigenvalue weighted by atomic mass is 10.1. The van der Waals surface area contributed by atoms with Crippen LogP contribution >= 0.6 is 0 Å². The number of H-pyrrole nitrogens is 1. The molecule has 2 rings (SSSR count). The molecule has 0 aliphatic rings. The highest BCUT2D eigenvalue weighted by atomic mass is 16.2. The molecule has 0 radical (unpaired) electrons. The van der Waals surface area contributed by atoms with E-state index in [-0.39, 0.29) is 18.2 Å². The minimum atomic E-state index is -0.499. The van der Waals surface area contributed by atoms with Crippen molar-refractivity contribution in [3.05, 3.63) is 35.7 Å². The summed E-state index contributed by atoms with van der Waals surface area (Å²) in [5.41, 5.74) is 11.6. The Kier molecular flexibility index (Phi) is 3.42. The van der Waals surface area contributed by atoms with E-state index in [4.69, 9.17) is 11.5 Å². The number of hydrogen-bond donors (Lipinski definition) is 4. The van der Waals surface area contributed by atoms with Gasteiger partial charge in [-0.1, -0.05) is 18.2 Å². The van der Waals surface area contributed by atoms with Gasteiger partial charge in [0.1, 0.15) is 0 Å². The highest BCUT2D eigenvalue weighted by Crippen LogP contribution is 2.16. The van der Waals surface area contributed by atoms with Crippen LogP contribution < -0.4 is 16.8 Å². The number of nitrogens with one attached hydrogen (secondary N) is 2. The van der Waals surface area contributed by atoms with Gasteiger partial charge in [-0.2, -0.15) is 4.98 Å². The molecule has 6 N–H and O–H groups in total. The molecule has 2 aromatic rings. The number of para-hydroxylation sites is 1. The minimum Gasteiger partial charge on any atom is -0.369 e. The number of nitrogens with two attached hydrogens (primary N) is 2. The Balaban J connectivity index is 2.19. The van der Waals surface area contributed by atoms with Gasteiger partial charge in [-0.25, -0.2) is 0 Å². The number of aromatic nitrogens is 3. The summed E-state index contributed by atoms with van der Waals surface area (Å²) in [4.78, 5) is 26.5. The highest BCUT2D eigenvalue weighted by molar-refractivity contribution is 6.02. The van der Waals surface area contributed by atoms with Crippen molar-refractivity contribution < 1.29 is 9.59 Å². The molecule has 98 valence electrons. The van der Waals surface area contributed by atoms with Crippen molar-refractivity contribution in [1.29, 1.82) is 0 Å². The third-order valence-electron chi connectivity index (χ3n) is 2.35. The summed E-state index contributed by atoms with van der Waals surface area (Å²) in [6.07, 6.45) is 0.0367. The molecule has 0 aliphatic heterocycles. The molecular formula is C11H12N6O2. The van der Waals surface area contributed by atoms with Crippen LogP contribution in [0.5, 0.6) is 0 Å². The van der Waals surface area contributed by atoms with Gasteiger partial charge in [0, 0.05) is 5.69 Å². The fraction of sp³-hybridized carbons (Fsp3) is 0.0909. The summed E-state index contributed by atoms with van der Waals surface area (Å²) in [6.45, 7) is 0. The predicted octanol–water partition coefficient (Wildman–Crippen LogP) is -0.333. The van der Waals surface area contributed by atoms with Gasteiger partial charge in [0.25, 0.3) is 5.91 Å². The number of nitrogen functional groups attached to an aromatic ring is 1. The van der Waals surface area contributed by atoms with Gasteiger partial charge in [0.2, 0.25) is 17.7 Å². The molecule has 0 bridgehead atoms. The maximum Gasteiger partial charge on any atom is 0.293 e. The molecular weight excluding hydrogens is 248 g/mol. The largest absolute Gasteiger partial charge is 0.369 e. The number of carbonyl (C=O) groups excluding carboxylic acids is 2. The Morgan fingerprint density at radius 2 is 2.05 bits per heavy atom. The quantitative estimate of drug-likeness (QED) is 0.595. The van der Waals surface area contributed by atoms with Crippen LogP contribution in [-0.4, -0.2) is 27.0 Å². The number of primary amides is 1. The molecule has 0 fully saturated rings. The zero-order valence-electron chi connectivity index (χ0n) is 9.88. The first-order valence-corrected chi connectivity index (χ1v) is 5.41. The molecule has 1 aromatic carbocycles. The average molecular weight is 260 g/mol. The van der Waals surface area contributed by atoms with Gasteiger partial charge < -0.3 is 16.8 Å². The van der Waals surface area contributed by atoms with Crippen molar-refractivity contribution >= 4 is 23.5 Å². The maximum atomic E-state index is 11.8. The number of hydrogen-bond acceptors (Lipinski definition) is 5. The maximum absolute atomic E-state index is 11.8. The van der Waals surface area contributed by atoms with Crippen molar-refractivity contribution in [1.82, 2.24) is 15.2 Å². The Hall–Kier alpha value is -2.90. The first kappa shape index (κ1) is 12.6. The Morgan fingerprint density at radius 3 is 2.68 bits per heavy atom.